The van der Waals surface area contributed by atoms with Crippen LogP contribution in [-0.4, -0.2) is 30.7 Å². The van der Waals surface area contributed by atoms with E-state index in [4.69, 9.17) is 5.73 Å². The molecule has 0 aliphatic rings. The number of nitrogens with two attached hydrogens (primary N) is 1. The maximum Gasteiger partial charge on any atom is 0.278 e. The van der Waals surface area contributed by atoms with Crippen LogP contribution in [0.25, 0.3) is 11.2 Å². The zero-order valence-corrected chi connectivity index (χ0v) is 8.14. The fraction of sp³-hybridized carbons (Fsp3) is 0.375. The Morgan fingerprint density at radius 1 is 1.73 bits per heavy atom. The van der Waals surface area contributed by atoms with Crippen molar-refractivity contribution < 1.29 is 5.11 Å². The monoisotopic (exact) mass is 209 g/mol. The molecule has 0 bridgehead atoms. The van der Waals surface area contributed by atoms with Gasteiger partial charge in [-0.2, -0.15) is 4.98 Å². The summed E-state index contributed by atoms with van der Waals surface area (Å²) in [4.78, 5) is 21.7. The van der Waals surface area contributed by atoms with Gasteiger partial charge in [0, 0.05) is 0 Å². The number of anilines is 1. The minimum atomic E-state index is -0.556. The van der Waals surface area contributed by atoms with Gasteiger partial charge in [-0.1, -0.05) is 0 Å². The van der Waals surface area contributed by atoms with E-state index in [2.05, 4.69) is 15.0 Å². The van der Waals surface area contributed by atoms with Crippen LogP contribution in [0.4, 0.5) is 5.95 Å². The molecule has 0 aromatic carbocycles. The third kappa shape index (κ3) is 1.68. The van der Waals surface area contributed by atoms with Gasteiger partial charge in [0.05, 0.1) is 19.0 Å². The van der Waals surface area contributed by atoms with Crippen LogP contribution in [0, 0.1) is 0 Å². The molecule has 80 valence electrons. The quantitative estimate of drug-likeness (QED) is 0.592. The molecule has 0 saturated carbocycles. The first-order valence-corrected chi connectivity index (χ1v) is 4.46. The number of imidazole rings is 1. The van der Waals surface area contributed by atoms with Gasteiger partial charge in [-0.25, -0.2) is 4.98 Å². The zero-order chi connectivity index (χ0) is 11.0. The number of aliphatic hydroxyl groups is 1. The lowest BCUT2D eigenvalue weighted by Gasteiger charge is -2.05. The predicted octanol–water partition coefficient (Wildman–Crippen LogP) is -0.917. The molecule has 1 atom stereocenters. The summed E-state index contributed by atoms with van der Waals surface area (Å²) in [5.41, 5.74) is 5.63. The molecule has 7 heteroatoms. The Kier molecular flexibility index (Phi) is 2.16. The SMILES string of the molecule is CC(O)Cn1cnc2nc(N)[nH]c(=O)c21. The summed E-state index contributed by atoms with van der Waals surface area (Å²) in [5.74, 6) is 0.0368. The second-order valence-electron chi connectivity index (χ2n) is 3.37. The molecule has 2 aromatic rings. The smallest absolute Gasteiger partial charge is 0.278 e. The Morgan fingerprint density at radius 2 is 2.47 bits per heavy atom. The van der Waals surface area contributed by atoms with Crippen LogP contribution in [0.5, 0.6) is 0 Å². The number of hydrogen-bond donors (Lipinski definition) is 3. The van der Waals surface area contributed by atoms with Crippen LogP contribution in [0.1, 0.15) is 6.92 Å². The number of nitrogens with one attached hydrogen (secondary N) is 1. The normalized spacial score (nSPS) is 13.2. The molecule has 2 aromatic heterocycles. The Labute approximate surface area is 84.6 Å². The molecular formula is C8H11N5O2. The van der Waals surface area contributed by atoms with Crippen molar-refractivity contribution in [2.45, 2.75) is 19.6 Å². The van der Waals surface area contributed by atoms with E-state index < -0.39 is 6.10 Å². The molecule has 1 unspecified atom stereocenters. The first kappa shape index (κ1) is 9.66. The third-order valence-corrected chi connectivity index (χ3v) is 1.96. The topological polar surface area (TPSA) is 110 Å². The Hall–Kier alpha value is -1.89. The fourth-order valence-electron chi connectivity index (χ4n) is 1.43. The van der Waals surface area contributed by atoms with E-state index >= 15 is 0 Å². The first-order chi connectivity index (χ1) is 7.08. The summed E-state index contributed by atoms with van der Waals surface area (Å²) in [6.07, 6.45) is 0.901. The molecule has 2 heterocycles. The average molecular weight is 209 g/mol. The van der Waals surface area contributed by atoms with Gasteiger partial charge in [-0.05, 0) is 6.92 Å². The van der Waals surface area contributed by atoms with Crippen molar-refractivity contribution in [1.82, 2.24) is 19.5 Å². The number of H-pyrrole nitrogens is 1. The minimum absolute atomic E-state index is 0.0368. The lowest BCUT2D eigenvalue weighted by molar-refractivity contribution is 0.175. The molecule has 0 saturated heterocycles. The highest BCUT2D eigenvalue weighted by Gasteiger charge is 2.10. The molecule has 7 nitrogen and oxygen atoms in total. The highest BCUT2D eigenvalue weighted by molar-refractivity contribution is 5.70. The van der Waals surface area contributed by atoms with Crippen LogP contribution >= 0.6 is 0 Å². The lowest BCUT2D eigenvalue weighted by Crippen LogP contribution is -2.17. The number of fused-ring (bicyclic) bond motifs is 1. The summed E-state index contributed by atoms with van der Waals surface area (Å²) in [6.45, 7) is 1.93. The first-order valence-electron chi connectivity index (χ1n) is 4.46. The summed E-state index contributed by atoms with van der Waals surface area (Å²) in [5, 5.41) is 9.22. The van der Waals surface area contributed by atoms with E-state index in [1.54, 1.807) is 11.5 Å². The van der Waals surface area contributed by atoms with Crippen LogP contribution in [0.2, 0.25) is 0 Å². The second-order valence-corrected chi connectivity index (χ2v) is 3.37. The van der Waals surface area contributed by atoms with E-state index in [1.807, 2.05) is 0 Å². The molecule has 0 aliphatic heterocycles. The number of aromatic amines is 1. The Morgan fingerprint density at radius 3 is 3.13 bits per heavy atom. The zero-order valence-electron chi connectivity index (χ0n) is 8.14. The van der Waals surface area contributed by atoms with E-state index in [0.717, 1.165) is 0 Å². The van der Waals surface area contributed by atoms with Crippen molar-refractivity contribution in [3.63, 3.8) is 0 Å². The minimum Gasteiger partial charge on any atom is -0.392 e. The molecule has 0 radical (unpaired) electrons. The summed E-state index contributed by atoms with van der Waals surface area (Å²) >= 11 is 0. The van der Waals surface area contributed by atoms with Gasteiger partial charge >= 0.3 is 0 Å². The largest absolute Gasteiger partial charge is 0.392 e. The maximum atomic E-state index is 11.5. The molecule has 0 fully saturated rings. The van der Waals surface area contributed by atoms with Gasteiger partial charge in [0.25, 0.3) is 5.56 Å². The van der Waals surface area contributed by atoms with Crippen molar-refractivity contribution in [2.75, 3.05) is 5.73 Å². The van der Waals surface area contributed by atoms with Crippen LogP contribution < -0.4 is 11.3 Å². The Balaban J connectivity index is 2.64. The van der Waals surface area contributed by atoms with E-state index in [0.29, 0.717) is 12.1 Å². The fourth-order valence-corrected chi connectivity index (χ4v) is 1.43. The molecule has 0 amide bonds. The van der Waals surface area contributed by atoms with Crippen molar-refractivity contribution in [2.24, 2.45) is 0 Å². The van der Waals surface area contributed by atoms with Gasteiger partial charge in [-0.3, -0.25) is 9.78 Å². The number of aromatic nitrogens is 4. The number of nitrogen functional groups attached to an aromatic ring is 1. The molecule has 0 spiro atoms. The van der Waals surface area contributed by atoms with Crippen molar-refractivity contribution >= 4 is 17.1 Å². The van der Waals surface area contributed by atoms with Gasteiger partial charge in [0.2, 0.25) is 5.95 Å². The second kappa shape index (κ2) is 3.35. The summed E-state index contributed by atoms with van der Waals surface area (Å²) < 4.78 is 1.55. The van der Waals surface area contributed by atoms with Gasteiger partial charge < -0.3 is 15.4 Å². The van der Waals surface area contributed by atoms with Crippen molar-refractivity contribution in [1.29, 1.82) is 0 Å². The molecule has 0 aliphatic carbocycles. The molecular weight excluding hydrogens is 198 g/mol. The van der Waals surface area contributed by atoms with Gasteiger partial charge in [0.1, 0.15) is 0 Å². The molecule has 2 rings (SSSR count). The van der Waals surface area contributed by atoms with Crippen LogP contribution in [0.15, 0.2) is 11.1 Å². The van der Waals surface area contributed by atoms with E-state index in [1.165, 1.54) is 6.33 Å². The van der Waals surface area contributed by atoms with Crippen LogP contribution in [0.3, 0.4) is 0 Å². The average Bonchev–Trinajstić information content (AvgIpc) is 2.46. The van der Waals surface area contributed by atoms with Crippen molar-refractivity contribution in [3.05, 3.63) is 16.7 Å². The number of rotatable bonds is 2. The predicted molar refractivity (Wildman–Crippen MR) is 54.2 cm³/mol. The van der Waals surface area contributed by atoms with E-state index in [-0.39, 0.29) is 17.2 Å². The molecule has 4 N–H and O–H groups in total. The van der Waals surface area contributed by atoms with Gasteiger partial charge in [0.15, 0.2) is 11.2 Å². The summed E-state index contributed by atoms with van der Waals surface area (Å²) in [7, 11) is 0. The number of aliphatic hydroxyl groups excluding tert-OH is 1. The Bertz CT molecular complexity index is 541. The highest BCUT2D eigenvalue weighted by atomic mass is 16.3. The summed E-state index contributed by atoms with van der Waals surface area (Å²) in [6, 6.07) is 0. The highest BCUT2D eigenvalue weighted by Crippen LogP contribution is 2.06. The number of hydrogen-bond acceptors (Lipinski definition) is 5. The van der Waals surface area contributed by atoms with Crippen LogP contribution in [-0.2, 0) is 6.54 Å². The third-order valence-electron chi connectivity index (χ3n) is 1.96. The van der Waals surface area contributed by atoms with Gasteiger partial charge in [-0.15, -0.1) is 0 Å². The van der Waals surface area contributed by atoms with Crippen molar-refractivity contribution in [3.8, 4) is 0 Å². The number of nitrogens with zero attached hydrogens (tertiary/aromatic N) is 3. The standard InChI is InChI=1S/C8H11N5O2/c1-4(14)2-13-3-10-6-5(13)7(15)12-8(9)11-6/h3-4,14H,2H2,1H3,(H3,9,11,12,15). The van der Waals surface area contributed by atoms with E-state index in [9.17, 15) is 9.90 Å². The maximum absolute atomic E-state index is 11.5. The lowest BCUT2D eigenvalue weighted by atomic mass is 10.4. The molecule has 15 heavy (non-hydrogen) atoms.